The van der Waals surface area contributed by atoms with Crippen molar-refractivity contribution in [1.29, 1.82) is 0 Å². The first kappa shape index (κ1) is 19.9. The van der Waals surface area contributed by atoms with Crippen molar-refractivity contribution in [2.45, 2.75) is 50.8 Å². The van der Waals surface area contributed by atoms with E-state index >= 15 is 0 Å². The van der Waals surface area contributed by atoms with E-state index in [0.717, 1.165) is 45.3 Å². The normalized spacial score (nSPS) is 17.7. The quantitative estimate of drug-likeness (QED) is 0.352. The summed E-state index contributed by atoms with van der Waals surface area (Å²) in [5.41, 5.74) is 3.12. The molecule has 1 fully saturated rings. The van der Waals surface area contributed by atoms with Crippen molar-refractivity contribution in [1.82, 2.24) is 4.90 Å². The van der Waals surface area contributed by atoms with E-state index in [1.807, 2.05) is 12.2 Å². The van der Waals surface area contributed by atoms with Gasteiger partial charge in [-0.05, 0) is 44.7 Å². The third-order valence-corrected chi connectivity index (χ3v) is 5.60. The van der Waals surface area contributed by atoms with E-state index in [1.165, 1.54) is 11.1 Å². The monoisotopic (exact) mass is 359 g/mol. The first-order valence-corrected chi connectivity index (χ1v) is 9.69. The second kappa shape index (κ2) is 9.35. The van der Waals surface area contributed by atoms with Crippen LogP contribution in [-0.2, 0) is 9.67 Å². The molecule has 136 valence electrons. The molecular formula is C22H30ClNO. The minimum Gasteiger partial charge on any atom is -0.303 e. The van der Waals surface area contributed by atoms with E-state index in [-0.39, 0.29) is 10.7 Å². The van der Waals surface area contributed by atoms with Crippen molar-refractivity contribution in [2.75, 3.05) is 19.6 Å². The molecule has 0 N–H and O–H groups in total. The number of halogens is 1. The van der Waals surface area contributed by atoms with Gasteiger partial charge in [0.2, 0.25) is 0 Å². The summed E-state index contributed by atoms with van der Waals surface area (Å²) in [4.78, 5) is 14.2. The van der Waals surface area contributed by atoms with Gasteiger partial charge in [0.05, 0.1) is 4.87 Å². The highest BCUT2D eigenvalue weighted by Gasteiger charge is 2.33. The Labute approximate surface area is 157 Å². The van der Waals surface area contributed by atoms with Crippen LogP contribution in [0.1, 0.15) is 50.2 Å². The number of piperidine rings is 1. The molecule has 0 amide bonds. The number of carbonyl (C=O) groups excluding carboxylic acids is 1. The minimum atomic E-state index is -0.237. The number of aryl methyl sites for hydroxylation is 1. The second-order valence-corrected chi connectivity index (χ2v) is 7.76. The van der Waals surface area contributed by atoms with Gasteiger partial charge in [0, 0.05) is 25.1 Å². The number of carbonyl (C=O) groups is 1. The lowest BCUT2D eigenvalue weighted by Gasteiger charge is -2.38. The van der Waals surface area contributed by atoms with Crippen molar-refractivity contribution < 1.29 is 4.79 Å². The lowest BCUT2D eigenvalue weighted by Crippen LogP contribution is -2.40. The molecule has 1 saturated heterocycles. The summed E-state index contributed by atoms with van der Waals surface area (Å²) in [6.45, 7) is 10.9. The molecule has 0 aliphatic carbocycles. The molecule has 1 heterocycles. The van der Waals surface area contributed by atoms with Crippen LogP contribution in [0, 0.1) is 6.92 Å². The van der Waals surface area contributed by atoms with Gasteiger partial charge in [-0.25, -0.2) is 0 Å². The fourth-order valence-electron chi connectivity index (χ4n) is 3.25. The first-order valence-electron chi connectivity index (χ1n) is 9.31. The maximum absolute atomic E-state index is 12.0. The Bertz CT molecular complexity index is 609. The molecule has 1 aromatic rings. The van der Waals surface area contributed by atoms with Gasteiger partial charge >= 0.3 is 0 Å². The maximum Gasteiger partial charge on any atom is 0.162 e. The van der Waals surface area contributed by atoms with Gasteiger partial charge in [-0.15, -0.1) is 11.6 Å². The van der Waals surface area contributed by atoms with Crippen LogP contribution in [0.5, 0.6) is 0 Å². The fourth-order valence-corrected chi connectivity index (χ4v) is 3.54. The van der Waals surface area contributed by atoms with Crippen LogP contribution in [0.3, 0.4) is 0 Å². The van der Waals surface area contributed by atoms with Crippen molar-refractivity contribution in [2.24, 2.45) is 0 Å². The molecule has 0 aromatic heterocycles. The molecule has 0 atom stereocenters. The molecule has 2 rings (SSSR count). The highest BCUT2D eigenvalue weighted by atomic mass is 35.5. The summed E-state index contributed by atoms with van der Waals surface area (Å²) < 4.78 is 0. The number of nitrogens with zero attached hydrogens (tertiary/aromatic N) is 1. The van der Waals surface area contributed by atoms with Crippen molar-refractivity contribution in [3.63, 3.8) is 0 Å². The first-order chi connectivity index (χ1) is 11.9. The second-order valence-electron chi connectivity index (χ2n) is 7.04. The van der Waals surface area contributed by atoms with Crippen LogP contribution in [0.15, 0.2) is 48.6 Å². The molecule has 25 heavy (non-hydrogen) atoms. The summed E-state index contributed by atoms with van der Waals surface area (Å²) >= 11 is 6.89. The summed E-state index contributed by atoms with van der Waals surface area (Å²) in [5.74, 6) is 0.160. The average Bonchev–Trinajstić information content (AvgIpc) is 2.61. The lowest BCUT2D eigenvalue weighted by atomic mass is 9.88. The number of ketones is 1. The number of benzene rings is 1. The third kappa shape index (κ3) is 5.83. The molecular weight excluding hydrogens is 330 g/mol. The van der Waals surface area contributed by atoms with Gasteiger partial charge in [0.1, 0.15) is 0 Å². The predicted octanol–water partition coefficient (Wildman–Crippen LogP) is 5.40. The van der Waals surface area contributed by atoms with E-state index in [2.05, 4.69) is 49.6 Å². The fraction of sp³-hybridized carbons (Fsp3) is 0.500. The summed E-state index contributed by atoms with van der Waals surface area (Å²) in [5, 5.41) is 0. The van der Waals surface area contributed by atoms with E-state index in [1.54, 1.807) is 0 Å². The molecule has 0 saturated carbocycles. The standard InChI is InChI=1S/C22H30ClNO/c1-4-5-7-19(3)21(25)8-6-15-24-16-13-22(23,14-17-24)20-11-9-18(2)10-12-20/h5,7,9-12H,3-4,6,8,13-17H2,1-2H3/b7-5-. The molecule has 0 unspecified atom stereocenters. The summed E-state index contributed by atoms with van der Waals surface area (Å²) in [6.07, 6.45) is 8.13. The predicted molar refractivity (Wildman–Crippen MR) is 107 cm³/mol. The number of alkyl halides is 1. The van der Waals surface area contributed by atoms with Gasteiger partial charge in [-0.3, -0.25) is 4.79 Å². The Morgan fingerprint density at radius 1 is 1.28 bits per heavy atom. The molecule has 0 radical (unpaired) electrons. The van der Waals surface area contributed by atoms with E-state index < -0.39 is 0 Å². The topological polar surface area (TPSA) is 20.3 Å². The van der Waals surface area contributed by atoms with Crippen LogP contribution in [0.2, 0.25) is 0 Å². The van der Waals surface area contributed by atoms with Crippen LogP contribution in [0.4, 0.5) is 0 Å². The van der Waals surface area contributed by atoms with Crippen LogP contribution < -0.4 is 0 Å². The van der Waals surface area contributed by atoms with Crippen LogP contribution in [-0.4, -0.2) is 30.3 Å². The number of allylic oxidation sites excluding steroid dienone is 3. The Hall–Kier alpha value is -1.38. The molecule has 3 heteroatoms. The number of hydrogen-bond acceptors (Lipinski definition) is 2. The molecule has 1 aromatic carbocycles. The van der Waals surface area contributed by atoms with Crippen LogP contribution >= 0.6 is 11.6 Å². The molecule has 1 aliphatic rings. The van der Waals surface area contributed by atoms with Crippen molar-refractivity contribution >= 4 is 17.4 Å². The Morgan fingerprint density at radius 2 is 1.92 bits per heavy atom. The van der Waals surface area contributed by atoms with Gasteiger partial charge in [0.25, 0.3) is 0 Å². The molecule has 0 spiro atoms. The zero-order valence-electron chi connectivity index (χ0n) is 15.6. The zero-order valence-corrected chi connectivity index (χ0v) is 16.3. The number of hydrogen-bond donors (Lipinski definition) is 0. The Balaban J connectivity index is 1.75. The van der Waals surface area contributed by atoms with Gasteiger partial charge in [0.15, 0.2) is 5.78 Å². The number of Topliss-reactive ketones (excluding diaryl/α,β-unsaturated/α-hetero) is 1. The highest BCUT2D eigenvalue weighted by Crippen LogP contribution is 2.39. The Kier molecular flexibility index (Phi) is 7.46. The van der Waals surface area contributed by atoms with Crippen molar-refractivity contribution in [3.05, 3.63) is 59.7 Å². The van der Waals surface area contributed by atoms with E-state index in [0.29, 0.717) is 12.0 Å². The Morgan fingerprint density at radius 3 is 2.52 bits per heavy atom. The van der Waals surface area contributed by atoms with Gasteiger partial charge < -0.3 is 4.90 Å². The third-order valence-electron chi connectivity index (χ3n) is 5.01. The van der Waals surface area contributed by atoms with E-state index in [9.17, 15) is 4.79 Å². The lowest BCUT2D eigenvalue weighted by molar-refractivity contribution is -0.115. The van der Waals surface area contributed by atoms with Gasteiger partial charge in [-0.2, -0.15) is 0 Å². The van der Waals surface area contributed by atoms with Crippen LogP contribution in [0.25, 0.3) is 0 Å². The van der Waals surface area contributed by atoms with Gasteiger partial charge in [-0.1, -0.05) is 55.5 Å². The number of likely N-dealkylation sites (tertiary alicyclic amines) is 1. The highest BCUT2D eigenvalue weighted by molar-refractivity contribution is 6.24. The molecule has 2 nitrogen and oxygen atoms in total. The SMILES string of the molecule is C=C(/C=C\CC)C(=O)CCCN1CCC(Cl)(c2ccc(C)cc2)CC1. The maximum atomic E-state index is 12.0. The summed E-state index contributed by atoms with van der Waals surface area (Å²) in [6, 6.07) is 8.59. The molecule has 0 bridgehead atoms. The largest absolute Gasteiger partial charge is 0.303 e. The zero-order chi connectivity index (χ0) is 18.3. The number of rotatable bonds is 8. The van der Waals surface area contributed by atoms with Crippen molar-refractivity contribution in [3.8, 4) is 0 Å². The van der Waals surface area contributed by atoms with E-state index in [4.69, 9.17) is 11.6 Å². The minimum absolute atomic E-state index is 0.160. The average molecular weight is 360 g/mol. The summed E-state index contributed by atoms with van der Waals surface area (Å²) in [7, 11) is 0. The molecule has 1 aliphatic heterocycles. The smallest absolute Gasteiger partial charge is 0.162 e.